The van der Waals surface area contributed by atoms with E-state index in [-0.39, 0.29) is 12.2 Å². The molecule has 0 aliphatic carbocycles. The Hall–Kier alpha value is -1.04. The van der Waals surface area contributed by atoms with Gasteiger partial charge in [0.05, 0.1) is 18.1 Å². The Morgan fingerprint density at radius 3 is 1.96 bits per heavy atom. The lowest BCUT2D eigenvalue weighted by Crippen LogP contribution is -2.48. The molecule has 0 aromatic heterocycles. The van der Waals surface area contributed by atoms with Crippen molar-refractivity contribution in [3.8, 4) is 0 Å². The van der Waals surface area contributed by atoms with E-state index in [1.54, 1.807) is 0 Å². The number of methoxy groups -OCH3 is 1. The molecule has 0 amide bonds. The molecule has 0 aliphatic rings. The van der Waals surface area contributed by atoms with E-state index in [0.29, 0.717) is 12.0 Å². The number of ether oxygens (including phenoxy) is 3. The largest absolute Gasteiger partial charge is 0.330 e. The molecule has 0 radical (unpaired) electrons. The highest BCUT2D eigenvalue weighted by Crippen LogP contribution is 2.40. The monoisotopic (exact) mass is 400 g/mol. The van der Waals surface area contributed by atoms with Crippen LogP contribution in [0.1, 0.15) is 91.0 Å². The topological polar surface area (TPSA) is 27.7 Å². The van der Waals surface area contributed by atoms with Crippen molar-refractivity contribution in [2.45, 2.75) is 104 Å². The summed E-state index contributed by atoms with van der Waals surface area (Å²) in [4.78, 5) is 0. The van der Waals surface area contributed by atoms with Gasteiger partial charge in [0, 0.05) is 13.2 Å². The van der Waals surface area contributed by atoms with E-state index in [9.17, 15) is 8.78 Å². The molecule has 3 nitrogen and oxygen atoms in total. The third-order valence-corrected chi connectivity index (χ3v) is 4.70. The number of unbranched alkanes of at least 4 members (excludes halogenated alkanes) is 5. The van der Waals surface area contributed by atoms with E-state index in [1.165, 1.54) is 38.5 Å². The van der Waals surface area contributed by atoms with Gasteiger partial charge in [-0.2, -0.15) is 0 Å². The van der Waals surface area contributed by atoms with Gasteiger partial charge in [-0.25, -0.2) is 8.78 Å². The first-order chi connectivity index (χ1) is 13.3. The maximum Gasteiger partial charge on any atom is 0.290 e. The van der Waals surface area contributed by atoms with Crippen LogP contribution in [0.15, 0.2) is 18.2 Å². The third kappa shape index (κ3) is 7.76. The number of hydrogen-bond acceptors (Lipinski definition) is 3. The van der Waals surface area contributed by atoms with Crippen LogP contribution in [-0.2, 0) is 14.2 Å². The second-order valence-electron chi connectivity index (χ2n) is 7.92. The number of hydrogen-bond donors (Lipinski definition) is 0. The summed E-state index contributed by atoms with van der Waals surface area (Å²) in [6, 6.07) is 3.67. The molecule has 162 valence electrons. The molecule has 1 aromatic carbocycles. The minimum Gasteiger partial charge on any atom is -0.330 e. The van der Waals surface area contributed by atoms with Crippen LogP contribution in [0.5, 0.6) is 0 Å². The standard InChI is InChI=1S/C23H38F2O3/c1-7-8-9-10-11-12-13-21(20-15-14-19(24)16-22(20)25)23(26-6,27-17(2)3)28-18(4)5/h14-18,21H,7-13H2,1-6H3. The SMILES string of the molecule is CCCCCCCCC(c1ccc(F)cc1F)C(OC)(OC(C)C)OC(C)C. The molecule has 5 heteroatoms. The number of halogens is 2. The van der Waals surface area contributed by atoms with Gasteiger partial charge in [0.2, 0.25) is 0 Å². The van der Waals surface area contributed by atoms with Crippen molar-refractivity contribution in [3.05, 3.63) is 35.4 Å². The zero-order chi connectivity index (χ0) is 21.2. The van der Waals surface area contributed by atoms with Crippen LogP contribution in [-0.4, -0.2) is 25.3 Å². The van der Waals surface area contributed by atoms with Crippen molar-refractivity contribution in [1.82, 2.24) is 0 Å². The highest BCUT2D eigenvalue weighted by Gasteiger charge is 2.45. The first-order valence-electron chi connectivity index (χ1n) is 10.6. The van der Waals surface area contributed by atoms with E-state index in [1.807, 2.05) is 27.7 Å². The predicted octanol–water partition coefficient (Wildman–Crippen LogP) is 6.95. The molecule has 1 unspecified atom stereocenters. The predicted molar refractivity (Wildman–Crippen MR) is 109 cm³/mol. The van der Waals surface area contributed by atoms with Crippen LogP contribution in [0.4, 0.5) is 8.78 Å². The summed E-state index contributed by atoms with van der Waals surface area (Å²) < 4.78 is 46.1. The molecule has 0 saturated carbocycles. The quantitative estimate of drug-likeness (QED) is 0.250. The Labute approximate surface area is 169 Å². The maximum absolute atomic E-state index is 14.7. The summed E-state index contributed by atoms with van der Waals surface area (Å²) in [6.45, 7) is 9.74. The van der Waals surface area contributed by atoms with Gasteiger partial charge in [-0.3, -0.25) is 0 Å². The summed E-state index contributed by atoms with van der Waals surface area (Å²) >= 11 is 0. The fourth-order valence-electron chi connectivity index (χ4n) is 3.52. The fraction of sp³-hybridized carbons (Fsp3) is 0.739. The van der Waals surface area contributed by atoms with Gasteiger partial charge in [-0.1, -0.05) is 51.5 Å². The van der Waals surface area contributed by atoms with Crippen LogP contribution in [0.3, 0.4) is 0 Å². The molecule has 0 aliphatic heterocycles. The molecule has 1 aromatic rings. The lowest BCUT2D eigenvalue weighted by Gasteiger charge is -2.41. The van der Waals surface area contributed by atoms with Crippen molar-refractivity contribution in [1.29, 1.82) is 0 Å². The highest BCUT2D eigenvalue weighted by molar-refractivity contribution is 5.24. The van der Waals surface area contributed by atoms with Crippen LogP contribution >= 0.6 is 0 Å². The Balaban J connectivity index is 3.16. The normalized spacial score (nSPS) is 13.5. The third-order valence-electron chi connectivity index (χ3n) is 4.70. The van der Waals surface area contributed by atoms with Crippen molar-refractivity contribution in [2.75, 3.05) is 7.11 Å². The first kappa shape index (κ1) is 25.0. The van der Waals surface area contributed by atoms with E-state index in [0.717, 1.165) is 25.3 Å². The van der Waals surface area contributed by atoms with Crippen LogP contribution < -0.4 is 0 Å². The van der Waals surface area contributed by atoms with Gasteiger partial charge in [-0.05, 0) is 45.7 Å². The molecule has 0 N–H and O–H groups in total. The second kappa shape index (κ2) is 12.5. The van der Waals surface area contributed by atoms with Gasteiger partial charge in [-0.15, -0.1) is 0 Å². The average molecular weight is 401 g/mol. The molecule has 0 saturated heterocycles. The lowest BCUT2D eigenvalue weighted by molar-refractivity contribution is -0.403. The van der Waals surface area contributed by atoms with Crippen molar-refractivity contribution >= 4 is 0 Å². The van der Waals surface area contributed by atoms with Gasteiger partial charge in [0.1, 0.15) is 11.6 Å². The highest BCUT2D eigenvalue weighted by atomic mass is 19.1. The van der Waals surface area contributed by atoms with Crippen molar-refractivity contribution in [3.63, 3.8) is 0 Å². The van der Waals surface area contributed by atoms with Crippen LogP contribution in [0.25, 0.3) is 0 Å². The van der Waals surface area contributed by atoms with Gasteiger partial charge >= 0.3 is 0 Å². The Morgan fingerprint density at radius 1 is 0.893 bits per heavy atom. The lowest BCUT2D eigenvalue weighted by atomic mass is 9.89. The van der Waals surface area contributed by atoms with Crippen molar-refractivity contribution < 1.29 is 23.0 Å². The number of benzene rings is 1. The summed E-state index contributed by atoms with van der Waals surface area (Å²) in [7, 11) is 1.51. The average Bonchev–Trinajstić information content (AvgIpc) is 2.60. The van der Waals surface area contributed by atoms with Crippen molar-refractivity contribution in [2.24, 2.45) is 0 Å². The van der Waals surface area contributed by atoms with Crippen LogP contribution in [0, 0.1) is 11.6 Å². The zero-order valence-corrected chi connectivity index (χ0v) is 18.4. The molecule has 1 atom stereocenters. The minimum absolute atomic E-state index is 0.186. The molecular weight excluding hydrogens is 362 g/mol. The van der Waals surface area contributed by atoms with E-state index >= 15 is 0 Å². The zero-order valence-electron chi connectivity index (χ0n) is 18.4. The first-order valence-corrected chi connectivity index (χ1v) is 10.6. The summed E-state index contributed by atoms with van der Waals surface area (Å²) in [6.07, 6.45) is 6.95. The summed E-state index contributed by atoms with van der Waals surface area (Å²) in [5, 5.41) is 0. The van der Waals surface area contributed by atoms with E-state index in [4.69, 9.17) is 14.2 Å². The molecule has 0 heterocycles. The number of rotatable bonds is 14. The molecular formula is C23H38F2O3. The molecule has 0 spiro atoms. The van der Waals surface area contributed by atoms with Crippen LogP contribution in [0.2, 0.25) is 0 Å². The molecule has 0 bridgehead atoms. The Bertz CT molecular complexity index is 551. The smallest absolute Gasteiger partial charge is 0.290 e. The second-order valence-corrected chi connectivity index (χ2v) is 7.92. The summed E-state index contributed by atoms with van der Waals surface area (Å²) in [5.74, 6) is -3.13. The van der Waals surface area contributed by atoms with E-state index < -0.39 is 23.5 Å². The van der Waals surface area contributed by atoms with Gasteiger partial charge < -0.3 is 14.2 Å². The maximum atomic E-state index is 14.7. The Morgan fingerprint density at radius 2 is 1.46 bits per heavy atom. The molecule has 28 heavy (non-hydrogen) atoms. The fourth-order valence-corrected chi connectivity index (χ4v) is 3.52. The molecule has 0 fully saturated rings. The molecule has 1 rings (SSSR count). The Kier molecular flexibility index (Phi) is 11.2. The van der Waals surface area contributed by atoms with Gasteiger partial charge in [0.25, 0.3) is 5.97 Å². The van der Waals surface area contributed by atoms with E-state index in [2.05, 4.69) is 6.92 Å². The van der Waals surface area contributed by atoms with Gasteiger partial charge in [0.15, 0.2) is 0 Å². The minimum atomic E-state index is -1.43. The summed E-state index contributed by atoms with van der Waals surface area (Å²) in [5.41, 5.74) is 0.359.